The average molecular weight is 217 g/mol. The van der Waals surface area contributed by atoms with Crippen LogP contribution < -0.4 is 5.73 Å². The molecule has 1 heteroatoms. The van der Waals surface area contributed by atoms with Gasteiger partial charge in [0, 0.05) is 6.04 Å². The second kappa shape index (κ2) is 4.21. The summed E-state index contributed by atoms with van der Waals surface area (Å²) in [6.45, 7) is 6.79. The van der Waals surface area contributed by atoms with E-state index in [0.29, 0.717) is 17.4 Å². The predicted octanol–water partition coefficient (Wildman–Crippen LogP) is 3.62. The highest BCUT2D eigenvalue weighted by Gasteiger charge is 2.51. The van der Waals surface area contributed by atoms with Crippen LogP contribution in [0.3, 0.4) is 0 Å². The van der Waals surface area contributed by atoms with E-state index in [0.717, 1.165) is 6.42 Å². The molecule has 88 valence electrons. The lowest BCUT2D eigenvalue weighted by Crippen LogP contribution is -2.56. The largest absolute Gasteiger partial charge is 0.327 e. The molecule has 16 heavy (non-hydrogen) atoms. The molecule has 1 aliphatic rings. The molecule has 1 nitrogen and oxygen atoms in total. The number of benzene rings is 1. The van der Waals surface area contributed by atoms with Gasteiger partial charge in [0.2, 0.25) is 0 Å². The number of hydrogen-bond donors (Lipinski definition) is 1. The average Bonchev–Trinajstić information content (AvgIpc) is 2.29. The summed E-state index contributed by atoms with van der Waals surface area (Å²) in [7, 11) is 0. The molecule has 1 aromatic carbocycles. The summed E-state index contributed by atoms with van der Waals surface area (Å²) in [6, 6.07) is 9.17. The van der Waals surface area contributed by atoms with Gasteiger partial charge in [0.25, 0.3) is 0 Å². The fourth-order valence-electron chi connectivity index (χ4n) is 3.50. The van der Waals surface area contributed by atoms with Crippen LogP contribution >= 0.6 is 0 Å². The van der Waals surface area contributed by atoms with Crippen molar-refractivity contribution in [1.29, 1.82) is 0 Å². The lowest BCUT2D eigenvalue weighted by molar-refractivity contribution is 0.0434. The molecule has 2 atom stereocenters. The van der Waals surface area contributed by atoms with Crippen molar-refractivity contribution in [2.45, 2.75) is 52.0 Å². The van der Waals surface area contributed by atoms with E-state index >= 15 is 0 Å². The zero-order chi connectivity index (χ0) is 11.8. The van der Waals surface area contributed by atoms with Gasteiger partial charge < -0.3 is 5.73 Å². The number of rotatable bonds is 3. The van der Waals surface area contributed by atoms with Gasteiger partial charge in [0.1, 0.15) is 0 Å². The van der Waals surface area contributed by atoms with E-state index in [-0.39, 0.29) is 0 Å². The Balaban J connectivity index is 2.33. The van der Waals surface area contributed by atoms with Crippen LogP contribution in [0.15, 0.2) is 24.3 Å². The maximum Gasteiger partial charge on any atom is 0.0107 e. The molecule has 2 unspecified atom stereocenters. The Bertz CT molecular complexity index is 365. The highest BCUT2D eigenvalue weighted by molar-refractivity contribution is 5.34. The summed E-state index contributed by atoms with van der Waals surface area (Å²) in [5.74, 6) is 0.679. The van der Waals surface area contributed by atoms with Gasteiger partial charge in [0.15, 0.2) is 0 Å². The van der Waals surface area contributed by atoms with Crippen molar-refractivity contribution in [3.05, 3.63) is 35.4 Å². The van der Waals surface area contributed by atoms with Gasteiger partial charge in [-0.05, 0) is 48.6 Å². The summed E-state index contributed by atoms with van der Waals surface area (Å²) in [4.78, 5) is 0. The zero-order valence-corrected chi connectivity index (χ0v) is 10.7. The molecule has 0 spiro atoms. The van der Waals surface area contributed by atoms with Crippen LogP contribution in [0.25, 0.3) is 0 Å². The Morgan fingerprint density at radius 1 is 1.25 bits per heavy atom. The second-order valence-electron chi connectivity index (χ2n) is 5.19. The van der Waals surface area contributed by atoms with Gasteiger partial charge >= 0.3 is 0 Å². The predicted molar refractivity (Wildman–Crippen MR) is 69.5 cm³/mol. The summed E-state index contributed by atoms with van der Waals surface area (Å²) < 4.78 is 0. The third-order valence-corrected chi connectivity index (χ3v) is 4.80. The van der Waals surface area contributed by atoms with Gasteiger partial charge in [-0.1, -0.05) is 38.1 Å². The van der Waals surface area contributed by atoms with Crippen LogP contribution in [-0.4, -0.2) is 6.04 Å². The summed E-state index contributed by atoms with van der Waals surface area (Å²) in [5, 5.41) is 0. The molecular formula is C15H23N. The van der Waals surface area contributed by atoms with Crippen LogP contribution in [0.2, 0.25) is 0 Å². The molecule has 1 fully saturated rings. The molecule has 2 N–H and O–H groups in total. The first kappa shape index (κ1) is 11.7. The summed E-state index contributed by atoms with van der Waals surface area (Å²) in [6.07, 6.45) is 3.56. The Morgan fingerprint density at radius 2 is 1.88 bits per heavy atom. The zero-order valence-electron chi connectivity index (χ0n) is 10.7. The van der Waals surface area contributed by atoms with E-state index in [1.54, 1.807) is 0 Å². The van der Waals surface area contributed by atoms with E-state index in [1.165, 1.54) is 24.0 Å². The monoisotopic (exact) mass is 217 g/mol. The lowest BCUT2D eigenvalue weighted by atomic mass is 9.52. The lowest BCUT2D eigenvalue weighted by Gasteiger charge is -2.55. The minimum Gasteiger partial charge on any atom is -0.327 e. The van der Waals surface area contributed by atoms with Crippen LogP contribution in [0.4, 0.5) is 0 Å². The van der Waals surface area contributed by atoms with Crippen LogP contribution in [0.5, 0.6) is 0 Å². The van der Waals surface area contributed by atoms with Crippen molar-refractivity contribution in [1.82, 2.24) is 0 Å². The van der Waals surface area contributed by atoms with Gasteiger partial charge in [-0.25, -0.2) is 0 Å². The van der Waals surface area contributed by atoms with Crippen LogP contribution in [0.1, 0.15) is 50.2 Å². The summed E-state index contributed by atoms with van der Waals surface area (Å²) >= 11 is 0. The molecule has 0 aliphatic heterocycles. The molecule has 1 aliphatic carbocycles. The first-order chi connectivity index (χ1) is 7.65. The fraction of sp³-hybridized carbons (Fsp3) is 0.600. The van der Waals surface area contributed by atoms with E-state index in [1.807, 2.05) is 0 Å². The molecule has 1 aromatic rings. The van der Waals surface area contributed by atoms with E-state index in [9.17, 15) is 0 Å². The topological polar surface area (TPSA) is 26.0 Å². The van der Waals surface area contributed by atoms with Gasteiger partial charge in [-0.3, -0.25) is 0 Å². The molecule has 0 saturated heterocycles. The van der Waals surface area contributed by atoms with E-state index in [2.05, 4.69) is 45.0 Å². The molecule has 1 saturated carbocycles. The molecule has 0 radical (unpaired) electrons. The van der Waals surface area contributed by atoms with Crippen molar-refractivity contribution in [3.8, 4) is 0 Å². The Hall–Kier alpha value is -0.820. The smallest absolute Gasteiger partial charge is 0.0107 e. The molecule has 2 rings (SSSR count). The molecular weight excluding hydrogens is 194 g/mol. The van der Waals surface area contributed by atoms with Crippen molar-refractivity contribution >= 4 is 0 Å². The standard InChI is InChI=1S/C15H23N/c1-4-15(5-2)13(10-14(15)16)12-9-7-6-8-11(12)3/h6-9,13-14H,4-5,10,16H2,1-3H3. The third-order valence-electron chi connectivity index (χ3n) is 4.80. The van der Waals surface area contributed by atoms with Crippen molar-refractivity contribution in [2.75, 3.05) is 0 Å². The Labute approximate surface area is 99.0 Å². The van der Waals surface area contributed by atoms with Gasteiger partial charge in [0.05, 0.1) is 0 Å². The summed E-state index contributed by atoms with van der Waals surface area (Å²) in [5.41, 5.74) is 9.55. The second-order valence-corrected chi connectivity index (χ2v) is 5.19. The Morgan fingerprint density at radius 3 is 2.38 bits per heavy atom. The first-order valence-corrected chi connectivity index (χ1v) is 6.46. The van der Waals surface area contributed by atoms with Gasteiger partial charge in [-0.15, -0.1) is 0 Å². The SMILES string of the molecule is CCC1(CC)C(N)CC1c1ccccc1C. The minimum absolute atomic E-state index is 0.353. The molecule has 0 aromatic heterocycles. The van der Waals surface area contributed by atoms with Crippen molar-refractivity contribution in [3.63, 3.8) is 0 Å². The normalized spacial score (nSPS) is 27.5. The van der Waals surface area contributed by atoms with Crippen molar-refractivity contribution in [2.24, 2.45) is 11.1 Å². The quantitative estimate of drug-likeness (QED) is 0.822. The highest BCUT2D eigenvalue weighted by atomic mass is 14.8. The van der Waals surface area contributed by atoms with Gasteiger partial charge in [-0.2, -0.15) is 0 Å². The van der Waals surface area contributed by atoms with Crippen molar-refractivity contribution < 1.29 is 0 Å². The van der Waals surface area contributed by atoms with Crippen LogP contribution in [0, 0.1) is 12.3 Å². The Kier molecular flexibility index (Phi) is 3.07. The number of hydrogen-bond acceptors (Lipinski definition) is 1. The van der Waals surface area contributed by atoms with E-state index < -0.39 is 0 Å². The van der Waals surface area contributed by atoms with E-state index in [4.69, 9.17) is 5.73 Å². The third kappa shape index (κ3) is 1.49. The maximum absolute atomic E-state index is 6.26. The number of nitrogens with two attached hydrogens (primary N) is 1. The fourth-order valence-corrected chi connectivity index (χ4v) is 3.50. The maximum atomic E-state index is 6.26. The molecule has 0 heterocycles. The minimum atomic E-state index is 0.353. The first-order valence-electron chi connectivity index (χ1n) is 6.46. The molecule has 0 amide bonds. The molecule has 0 bridgehead atoms. The highest BCUT2D eigenvalue weighted by Crippen LogP contribution is 2.56. The van der Waals surface area contributed by atoms with Crippen LogP contribution in [-0.2, 0) is 0 Å². The number of aryl methyl sites for hydroxylation is 1.